The Balaban J connectivity index is 1.31. The highest BCUT2D eigenvalue weighted by Gasteiger charge is 2.51. The molecular weight excluding hydrogens is 580 g/mol. The highest BCUT2D eigenvalue weighted by Crippen LogP contribution is 2.49. The SMILES string of the molecule is CCOC(=O)/N=[SH](=O)/c1ccc(Nc2ncc(-c3ccc(NC(=O)C4(c5ccccc5)CC4)cc3)c(NC(C)CO)n2)cc1. The van der Waals surface area contributed by atoms with Gasteiger partial charge in [-0.25, -0.2) is 14.0 Å². The zero-order valence-corrected chi connectivity index (χ0v) is 25.3. The second kappa shape index (κ2) is 13.7. The van der Waals surface area contributed by atoms with Gasteiger partial charge in [-0.3, -0.25) is 4.79 Å². The van der Waals surface area contributed by atoms with E-state index >= 15 is 0 Å². The van der Waals surface area contributed by atoms with Gasteiger partial charge in [0.25, 0.3) is 0 Å². The number of thiol groups is 1. The van der Waals surface area contributed by atoms with Gasteiger partial charge in [-0.15, -0.1) is 4.36 Å². The van der Waals surface area contributed by atoms with Gasteiger partial charge in [-0.2, -0.15) is 4.98 Å². The molecular formula is C32H34N6O5S. The Bertz CT molecular complexity index is 1700. The third-order valence-corrected chi connectivity index (χ3v) is 8.28. The molecule has 11 nitrogen and oxygen atoms in total. The van der Waals surface area contributed by atoms with Crippen molar-refractivity contribution in [3.63, 3.8) is 0 Å². The molecule has 4 aromatic rings. The van der Waals surface area contributed by atoms with Crippen LogP contribution in [0, 0.1) is 0 Å². The predicted octanol–water partition coefficient (Wildman–Crippen LogP) is 5.53. The summed E-state index contributed by atoms with van der Waals surface area (Å²) in [6.45, 7) is 3.53. The molecule has 0 spiro atoms. The zero-order valence-electron chi connectivity index (χ0n) is 24.4. The van der Waals surface area contributed by atoms with Gasteiger partial charge in [0.15, 0.2) is 0 Å². The van der Waals surface area contributed by atoms with Gasteiger partial charge in [-0.05, 0) is 74.2 Å². The van der Waals surface area contributed by atoms with E-state index in [1.807, 2.05) is 61.5 Å². The Morgan fingerprint density at radius 1 is 1.02 bits per heavy atom. The lowest BCUT2D eigenvalue weighted by Crippen LogP contribution is -2.27. The van der Waals surface area contributed by atoms with Crippen LogP contribution >= 0.6 is 0 Å². The Hall–Kier alpha value is -4.81. The molecule has 0 radical (unpaired) electrons. The van der Waals surface area contributed by atoms with E-state index in [4.69, 9.17) is 4.74 Å². The summed E-state index contributed by atoms with van der Waals surface area (Å²) in [6, 6.07) is 23.6. The van der Waals surface area contributed by atoms with Gasteiger partial charge >= 0.3 is 6.09 Å². The van der Waals surface area contributed by atoms with Crippen LogP contribution in [-0.2, 0) is 25.5 Å². The number of nitrogens with one attached hydrogen (secondary N) is 3. The van der Waals surface area contributed by atoms with Crippen LogP contribution in [0.5, 0.6) is 0 Å². The Morgan fingerprint density at radius 3 is 2.34 bits per heavy atom. The van der Waals surface area contributed by atoms with Crippen molar-refractivity contribution in [3.8, 4) is 11.1 Å². The van der Waals surface area contributed by atoms with Crippen LogP contribution in [0.1, 0.15) is 32.3 Å². The first-order valence-corrected chi connectivity index (χ1v) is 15.5. The molecule has 2 unspecified atom stereocenters. The van der Waals surface area contributed by atoms with Gasteiger partial charge in [0.05, 0.1) is 29.2 Å². The molecule has 0 aliphatic heterocycles. The smallest absolute Gasteiger partial charge is 0.441 e. The molecule has 3 aromatic carbocycles. The maximum atomic E-state index is 13.2. The molecule has 1 aromatic heterocycles. The number of nitrogens with zero attached hydrogens (tertiary/aromatic N) is 3. The van der Waals surface area contributed by atoms with Crippen LogP contribution in [0.15, 0.2) is 94.3 Å². The number of ether oxygens (including phenoxy) is 1. The van der Waals surface area contributed by atoms with E-state index in [2.05, 4.69) is 30.3 Å². The molecule has 0 saturated heterocycles. The number of benzene rings is 3. The molecule has 1 aliphatic rings. The highest BCUT2D eigenvalue weighted by molar-refractivity contribution is 7.75. The average molecular weight is 615 g/mol. The topological polar surface area (TPSA) is 155 Å². The largest absolute Gasteiger partial charge is 0.448 e. The summed E-state index contributed by atoms with van der Waals surface area (Å²) in [5.74, 6) is 0.798. The van der Waals surface area contributed by atoms with Crippen molar-refractivity contribution >= 4 is 45.7 Å². The number of aromatic nitrogens is 2. The standard InChI is InChI=1S/C32H34N6O5S/c1-3-43-31(41)38-44(42)26-15-13-25(14-16-26)36-30-33-19-27(28(37-30)34-21(2)20-39)22-9-11-24(12-10-22)35-29(40)32(17-18-32)23-7-5-4-6-8-23/h4-16,19,21,39,44H,3,17-18,20H2,1-2H3,(H,35,40)(H2,33,34,36,37). The van der Waals surface area contributed by atoms with Crippen molar-refractivity contribution in [2.24, 2.45) is 4.36 Å². The maximum absolute atomic E-state index is 13.2. The van der Waals surface area contributed by atoms with E-state index < -0.39 is 22.1 Å². The molecule has 12 heteroatoms. The molecule has 1 aliphatic carbocycles. The monoisotopic (exact) mass is 614 g/mol. The van der Waals surface area contributed by atoms with Gasteiger partial charge in [0, 0.05) is 34.1 Å². The number of hydrogen-bond donors (Lipinski definition) is 5. The Morgan fingerprint density at radius 2 is 1.70 bits per heavy atom. The van der Waals surface area contributed by atoms with E-state index in [0.717, 1.165) is 24.0 Å². The van der Waals surface area contributed by atoms with Crippen molar-refractivity contribution < 1.29 is 23.6 Å². The summed E-state index contributed by atoms with van der Waals surface area (Å²) in [5.41, 5.74) is 3.42. The van der Waals surface area contributed by atoms with E-state index in [9.17, 15) is 18.9 Å². The van der Waals surface area contributed by atoms with Crippen molar-refractivity contribution in [2.45, 2.75) is 43.0 Å². The molecule has 1 heterocycles. The Kier molecular flexibility index (Phi) is 9.51. The van der Waals surface area contributed by atoms with E-state index in [-0.39, 0.29) is 25.2 Å². The van der Waals surface area contributed by atoms with Crippen LogP contribution in [0.4, 0.5) is 27.9 Å². The van der Waals surface area contributed by atoms with E-state index in [0.29, 0.717) is 33.6 Å². The fraction of sp³-hybridized carbons (Fsp3) is 0.250. The van der Waals surface area contributed by atoms with E-state index in [1.54, 1.807) is 37.4 Å². The van der Waals surface area contributed by atoms with Crippen LogP contribution in [0.3, 0.4) is 0 Å². The minimum atomic E-state index is -2.28. The first-order chi connectivity index (χ1) is 21.3. The van der Waals surface area contributed by atoms with Gasteiger partial charge < -0.3 is 25.8 Å². The normalized spacial score (nSPS) is 14.7. The third kappa shape index (κ3) is 7.21. The second-order valence-corrected chi connectivity index (χ2v) is 11.7. The number of carbonyl (C=O) groups excluding carboxylic acids is 2. The van der Waals surface area contributed by atoms with Crippen molar-refractivity contribution in [1.82, 2.24) is 9.97 Å². The maximum Gasteiger partial charge on any atom is 0.441 e. The van der Waals surface area contributed by atoms with Crippen molar-refractivity contribution in [3.05, 3.63) is 90.6 Å². The molecule has 1 saturated carbocycles. The molecule has 44 heavy (non-hydrogen) atoms. The van der Waals surface area contributed by atoms with Crippen molar-refractivity contribution in [1.29, 1.82) is 0 Å². The van der Waals surface area contributed by atoms with Crippen LogP contribution in [0.25, 0.3) is 11.1 Å². The first-order valence-electron chi connectivity index (χ1n) is 14.3. The highest BCUT2D eigenvalue weighted by atomic mass is 32.2. The lowest BCUT2D eigenvalue weighted by molar-refractivity contribution is -0.118. The lowest BCUT2D eigenvalue weighted by Gasteiger charge is -2.18. The van der Waals surface area contributed by atoms with Gasteiger partial charge in [0.1, 0.15) is 5.82 Å². The number of aliphatic hydroxyl groups excluding tert-OH is 1. The first kappa shape index (κ1) is 30.6. The number of carbonyl (C=O) groups is 2. The number of aliphatic hydroxyl groups is 1. The summed E-state index contributed by atoms with van der Waals surface area (Å²) in [5, 5.41) is 19.1. The van der Waals surface area contributed by atoms with Gasteiger partial charge in [-0.1, -0.05) is 42.5 Å². The van der Waals surface area contributed by atoms with Crippen LogP contribution in [-0.4, -0.2) is 50.5 Å². The third-order valence-electron chi connectivity index (χ3n) is 7.20. The summed E-state index contributed by atoms with van der Waals surface area (Å²) in [7, 11) is -2.28. The molecule has 4 N–H and O–H groups in total. The summed E-state index contributed by atoms with van der Waals surface area (Å²) < 4.78 is 20.6. The summed E-state index contributed by atoms with van der Waals surface area (Å²) in [6.07, 6.45) is 2.46. The number of hydrogen-bond acceptors (Lipinski definition) is 9. The average Bonchev–Trinajstić information content (AvgIpc) is 3.85. The minimum Gasteiger partial charge on any atom is -0.448 e. The Labute approximate surface area is 257 Å². The summed E-state index contributed by atoms with van der Waals surface area (Å²) >= 11 is 0. The minimum absolute atomic E-state index is 0.0115. The van der Waals surface area contributed by atoms with Crippen molar-refractivity contribution in [2.75, 3.05) is 29.2 Å². The summed E-state index contributed by atoms with van der Waals surface area (Å²) in [4.78, 5) is 34.2. The number of rotatable bonds is 11. The fourth-order valence-electron chi connectivity index (χ4n) is 4.64. The fourth-order valence-corrected chi connectivity index (χ4v) is 5.37. The molecule has 0 bridgehead atoms. The van der Waals surface area contributed by atoms with E-state index in [1.165, 1.54) is 0 Å². The second-order valence-electron chi connectivity index (χ2n) is 10.4. The number of amides is 2. The lowest BCUT2D eigenvalue weighted by atomic mass is 9.95. The molecule has 1 fully saturated rings. The molecule has 5 rings (SSSR count). The number of anilines is 4. The molecule has 228 valence electrons. The molecule has 2 atom stereocenters. The zero-order chi connectivity index (χ0) is 31.1. The molecule has 2 amide bonds. The van der Waals surface area contributed by atoms with Crippen LogP contribution < -0.4 is 16.0 Å². The van der Waals surface area contributed by atoms with Crippen LogP contribution in [0.2, 0.25) is 0 Å². The predicted molar refractivity (Wildman–Crippen MR) is 171 cm³/mol. The van der Waals surface area contributed by atoms with Gasteiger partial charge in [0.2, 0.25) is 11.9 Å². The quantitative estimate of drug-likeness (QED) is 0.137.